The van der Waals surface area contributed by atoms with E-state index in [4.69, 9.17) is 13.6 Å². The third-order valence-electron chi connectivity index (χ3n) is 8.50. The Morgan fingerprint density at radius 2 is 1.31 bits per heavy atom. The van der Waals surface area contributed by atoms with Crippen LogP contribution < -0.4 is 0 Å². The van der Waals surface area contributed by atoms with Gasteiger partial charge in [-0.05, 0) is 48.2 Å². The van der Waals surface area contributed by atoms with Gasteiger partial charge in [0.05, 0.1) is 25.4 Å². The molecule has 0 radical (unpaired) electrons. The predicted molar refractivity (Wildman–Crippen MR) is 158 cm³/mol. The molecule has 1 aromatic rings. The summed E-state index contributed by atoms with van der Waals surface area (Å²) in [6.45, 7) is 30.0. The molecule has 0 heterocycles. The lowest BCUT2D eigenvalue weighted by Gasteiger charge is -2.42. The van der Waals surface area contributed by atoms with Crippen LogP contribution in [0.4, 0.5) is 0 Å². The van der Waals surface area contributed by atoms with Crippen molar-refractivity contribution in [1.82, 2.24) is 0 Å². The van der Waals surface area contributed by atoms with Gasteiger partial charge in [0.2, 0.25) is 0 Å². The first-order valence-corrected chi connectivity index (χ1v) is 19.6. The van der Waals surface area contributed by atoms with Crippen molar-refractivity contribution in [2.24, 2.45) is 11.8 Å². The second-order valence-corrected chi connectivity index (χ2v) is 23.2. The summed E-state index contributed by atoms with van der Waals surface area (Å²) in [6.07, 6.45) is 1.02. The van der Waals surface area contributed by atoms with E-state index < -0.39 is 16.6 Å². The molecule has 0 aliphatic rings. The zero-order valence-electron chi connectivity index (χ0n) is 25.7. The van der Waals surface area contributed by atoms with Crippen LogP contribution in [0.5, 0.6) is 0 Å². The molecule has 4 atom stereocenters. The van der Waals surface area contributed by atoms with Crippen LogP contribution in [0.2, 0.25) is 36.3 Å². The average molecular weight is 537 g/mol. The molecule has 0 bridgehead atoms. The molecule has 0 aromatic heterocycles. The van der Waals surface area contributed by atoms with Crippen molar-refractivity contribution in [3.8, 4) is 0 Å². The minimum Gasteiger partial charge on any atom is -0.413 e. The van der Waals surface area contributed by atoms with E-state index in [0.29, 0.717) is 19.6 Å². The topological polar surface area (TPSA) is 44.8 Å². The van der Waals surface area contributed by atoms with Crippen LogP contribution in [0.1, 0.15) is 80.7 Å². The lowest BCUT2D eigenvalue weighted by molar-refractivity contribution is -0.128. The van der Waals surface area contributed by atoms with E-state index in [1.807, 2.05) is 25.1 Å². The fourth-order valence-corrected chi connectivity index (χ4v) is 6.55. The Morgan fingerprint density at radius 1 is 0.833 bits per heavy atom. The highest BCUT2D eigenvalue weighted by Gasteiger charge is 2.43. The van der Waals surface area contributed by atoms with E-state index in [1.165, 1.54) is 0 Å². The summed E-state index contributed by atoms with van der Waals surface area (Å²) in [7, 11) is -4.04. The van der Waals surface area contributed by atoms with Gasteiger partial charge >= 0.3 is 0 Å². The van der Waals surface area contributed by atoms with E-state index in [1.54, 1.807) is 0 Å². The molecule has 4 nitrogen and oxygen atoms in total. The Hall–Kier alpha value is -0.796. The molecular formula is C30H56O4Si2. The summed E-state index contributed by atoms with van der Waals surface area (Å²) >= 11 is 0. The summed E-state index contributed by atoms with van der Waals surface area (Å²) < 4.78 is 19.7. The molecule has 0 saturated heterocycles. The first-order chi connectivity index (χ1) is 16.3. The van der Waals surface area contributed by atoms with Crippen LogP contribution in [-0.4, -0.2) is 41.2 Å². The normalized spacial score (nSPS) is 16.9. The minimum atomic E-state index is -2.07. The fraction of sp³-hybridized carbons (Fsp3) is 0.767. The predicted octanol–water partition coefficient (Wildman–Crippen LogP) is 8.63. The second-order valence-electron chi connectivity index (χ2n) is 13.7. The number of ketones is 1. The van der Waals surface area contributed by atoms with Gasteiger partial charge in [-0.25, -0.2) is 0 Å². The van der Waals surface area contributed by atoms with E-state index in [9.17, 15) is 4.79 Å². The standard InChI is InChI=1S/C30H56O4Si2/c1-14-27(33-35(10,11)29(4,5)6)24(3)26(31)20-28(34-36(12,13)30(7,8)9)23(2)21-32-22-25-18-16-15-17-19-25/h15-19,23-24,27-28H,14,20-22H2,1-13H3/t23-,24-,27-,28+/m0/s1. The highest BCUT2D eigenvalue weighted by atomic mass is 28.4. The smallest absolute Gasteiger partial charge is 0.192 e. The van der Waals surface area contributed by atoms with Crippen LogP contribution in [0, 0.1) is 11.8 Å². The molecule has 0 amide bonds. The largest absolute Gasteiger partial charge is 0.413 e. The zero-order chi connectivity index (χ0) is 27.9. The van der Waals surface area contributed by atoms with Gasteiger partial charge in [-0.3, -0.25) is 4.79 Å². The van der Waals surface area contributed by atoms with Crippen LogP contribution in [0.15, 0.2) is 30.3 Å². The van der Waals surface area contributed by atoms with Gasteiger partial charge < -0.3 is 13.6 Å². The van der Waals surface area contributed by atoms with Crippen molar-refractivity contribution in [2.75, 3.05) is 6.61 Å². The summed E-state index contributed by atoms with van der Waals surface area (Å²) in [5, 5.41) is 0.184. The minimum absolute atomic E-state index is 0.0588. The molecule has 0 spiro atoms. The molecule has 208 valence electrons. The first kappa shape index (κ1) is 33.2. The van der Waals surface area contributed by atoms with Crippen LogP contribution >= 0.6 is 0 Å². The van der Waals surface area contributed by atoms with Crippen molar-refractivity contribution in [1.29, 1.82) is 0 Å². The maximum Gasteiger partial charge on any atom is 0.192 e. The Bertz CT molecular complexity index is 793. The van der Waals surface area contributed by atoms with Crippen molar-refractivity contribution in [2.45, 2.75) is 130 Å². The van der Waals surface area contributed by atoms with Gasteiger partial charge in [-0.2, -0.15) is 0 Å². The molecule has 1 aromatic carbocycles. The number of benzene rings is 1. The summed E-state index contributed by atoms with van der Waals surface area (Å²) in [4.78, 5) is 13.7. The average Bonchev–Trinajstić information content (AvgIpc) is 2.75. The van der Waals surface area contributed by atoms with Gasteiger partial charge in [0.1, 0.15) is 5.78 Å². The number of hydrogen-bond donors (Lipinski definition) is 0. The maximum atomic E-state index is 13.7. The Morgan fingerprint density at radius 3 is 1.75 bits per heavy atom. The Balaban J connectivity index is 3.00. The summed E-state index contributed by atoms with van der Waals surface area (Å²) in [6, 6.07) is 10.2. The fourth-order valence-electron chi connectivity index (χ4n) is 3.64. The van der Waals surface area contributed by atoms with Gasteiger partial charge in [0.25, 0.3) is 0 Å². The molecular weight excluding hydrogens is 480 g/mol. The van der Waals surface area contributed by atoms with E-state index >= 15 is 0 Å². The highest BCUT2D eigenvalue weighted by Crippen LogP contribution is 2.40. The lowest BCUT2D eigenvalue weighted by atomic mass is 9.91. The zero-order valence-corrected chi connectivity index (χ0v) is 27.7. The molecule has 36 heavy (non-hydrogen) atoms. The SMILES string of the molecule is CC[C@H](O[Si](C)(C)C(C)(C)C)[C@@H](C)C(=O)C[C@@H](O[Si](C)(C)C(C)(C)C)[C@@H](C)COCc1ccccc1. The summed E-state index contributed by atoms with van der Waals surface area (Å²) in [5.74, 6) is 0.187. The quantitative estimate of drug-likeness (QED) is 0.223. The molecule has 0 fully saturated rings. The van der Waals surface area contributed by atoms with Gasteiger partial charge in [-0.1, -0.05) is 92.6 Å². The monoisotopic (exact) mass is 536 g/mol. The Kier molecular flexibility index (Phi) is 12.3. The van der Waals surface area contributed by atoms with Crippen LogP contribution in [0.3, 0.4) is 0 Å². The number of carbonyl (C=O) groups is 1. The van der Waals surface area contributed by atoms with Crippen LogP contribution in [-0.2, 0) is 25.0 Å². The summed E-state index contributed by atoms with van der Waals surface area (Å²) in [5.41, 5.74) is 1.16. The first-order valence-electron chi connectivity index (χ1n) is 13.8. The van der Waals surface area contributed by atoms with Crippen molar-refractivity contribution >= 4 is 22.4 Å². The Labute approximate surface area is 225 Å². The van der Waals surface area contributed by atoms with Crippen molar-refractivity contribution in [3.05, 3.63) is 35.9 Å². The van der Waals surface area contributed by atoms with E-state index in [-0.39, 0.29) is 39.9 Å². The molecule has 0 aliphatic carbocycles. The van der Waals surface area contributed by atoms with Crippen molar-refractivity contribution in [3.63, 3.8) is 0 Å². The molecule has 0 N–H and O–H groups in total. The number of carbonyl (C=O) groups excluding carboxylic acids is 1. The van der Waals surface area contributed by atoms with Gasteiger partial charge in [0.15, 0.2) is 16.6 Å². The molecule has 0 saturated carbocycles. The third kappa shape index (κ3) is 9.82. The van der Waals surface area contributed by atoms with Gasteiger partial charge in [-0.15, -0.1) is 0 Å². The number of rotatable bonds is 14. The molecule has 0 unspecified atom stereocenters. The van der Waals surface area contributed by atoms with Crippen molar-refractivity contribution < 1.29 is 18.4 Å². The molecule has 0 aliphatic heterocycles. The number of hydrogen-bond acceptors (Lipinski definition) is 4. The number of ether oxygens (including phenoxy) is 1. The highest BCUT2D eigenvalue weighted by molar-refractivity contribution is 6.74. The van der Waals surface area contributed by atoms with E-state index in [2.05, 4.69) is 93.7 Å². The van der Waals surface area contributed by atoms with Gasteiger partial charge in [0, 0.05) is 18.3 Å². The number of Topliss-reactive ketones (excluding diaryl/α,β-unsaturated/α-hetero) is 1. The lowest BCUT2D eigenvalue weighted by Crippen LogP contribution is -2.48. The van der Waals surface area contributed by atoms with Crippen LogP contribution in [0.25, 0.3) is 0 Å². The second kappa shape index (κ2) is 13.3. The van der Waals surface area contributed by atoms with E-state index in [0.717, 1.165) is 12.0 Å². The third-order valence-corrected chi connectivity index (χ3v) is 17.5. The molecule has 6 heteroatoms. The molecule has 1 rings (SSSR count). The maximum absolute atomic E-state index is 13.7.